The molecule has 1 saturated heterocycles. The average molecular weight is 248 g/mol. The number of rotatable bonds is 5. The number of hydrogen-bond donors (Lipinski definition) is 1. The van der Waals surface area contributed by atoms with Crippen LogP contribution in [0, 0.1) is 0 Å². The molecule has 5 heteroatoms. The third-order valence-electron chi connectivity index (χ3n) is 3.55. The first-order valence-electron chi connectivity index (χ1n) is 6.10. The molecule has 0 spiro atoms. The van der Waals surface area contributed by atoms with E-state index in [1.165, 1.54) is 0 Å². The van der Waals surface area contributed by atoms with Crippen molar-refractivity contribution in [1.82, 2.24) is 10.2 Å². The van der Waals surface area contributed by atoms with E-state index in [4.69, 9.17) is 0 Å². The molecule has 0 aromatic heterocycles. The van der Waals surface area contributed by atoms with Gasteiger partial charge in [-0.15, -0.1) is 0 Å². The Bertz CT molecular complexity index is 303. The van der Waals surface area contributed by atoms with E-state index in [0.29, 0.717) is 24.4 Å². The van der Waals surface area contributed by atoms with Crippen LogP contribution in [0.1, 0.15) is 26.7 Å². The largest absolute Gasteiger partial charge is 0.317 e. The van der Waals surface area contributed by atoms with Gasteiger partial charge < -0.3 is 5.32 Å². The molecule has 0 amide bonds. The molecule has 0 saturated carbocycles. The fourth-order valence-corrected chi connectivity index (χ4v) is 3.02. The maximum absolute atomic E-state index is 11.4. The molecular formula is C11H24N2O2S. The van der Waals surface area contributed by atoms with E-state index in [1.54, 1.807) is 6.92 Å². The van der Waals surface area contributed by atoms with E-state index in [1.807, 2.05) is 7.05 Å². The van der Waals surface area contributed by atoms with Crippen LogP contribution >= 0.6 is 0 Å². The Hall–Kier alpha value is -0.130. The molecule has 1 fully saturated rings. The van der Waals surface area contributed by atoms with E-state index in [-0.39, 0.29) is 5.75 Å². The monoisotopic (exact) mass is 248 g/mol. The topological polar surface area (TPSA) is 49.4 Å². The molecule has 0 aromatic rings. The van der Waals surface area contributed by atoms with Gasteiger partial charge in [0.25, 0.3) is 0 Å². The van der Waals surface area contributed by atoms with Crippen molar-refractivity contribution in [2.24, 2.45) is 0 Å². The Labute approximate surface area is 99.3 Å². The molecule has 0 bridgehead atoms. The van der Waals surface area contributed by atoms with Crippen LogP contribution in [0.2, 0.25) is 0 Å². The predicted octanol–water partition coefficient (Wildman–Crippen LogP) is 0.493. The summed E-state index contributed by atoms with van der Waals surface area (Å²) in [6.45, 7) is 5.59. The van der Waals surface area contributed by atoms with Crippen LogP contribution in [0.4, 0.5) is 0 Å². The second kappa shape index (κ2) is 5.98. The quantitative estimate of drug-likeness (QED) is 0.769. The van der Waals surface area contributed by atoms with Crippen LogP contribution in [0.15, 0.2) is 0 Å². The fourth-order valence-electron chi connectivity index (χ4n) is 2.22. The highest BCUT2D eigenvalue weighted by atomic mass is 32.2. The fraction of sp³-hybridized carbons (Fsp3) is 1.00. The number of sulfone groups is 1. The van der Waals surface area contributed by atoms with Crippen molar-refractivity contribution in [3.05, 3.63) is 0 Å². The van der Waals surface area contributed by atoms with Crippen molar-refractivity contribution in [1.29, 1.82) is 0 Å². The smallest absolute Gasteiger partial charge is 0.151 e. The van der Waals surface area contributed by atoms with E-state index in [9.17, 15) is 8.42 Å². The molecule has 0 radical (unpaired) electrons. The van der Waals surface area contributed by atoms with Gasteiger partial charge in [-0.1, -0.05) is 6.92 Å². The van der Waals surface area contributed by atoms with Crippen molar-refractivity contribution < 1.29 is 8.42 Å². The lowest BCUT2D eigenvalue weighted by atomic mass is 9.99. The summed E-state index contributed by atoms with van der Waals surface area (Å²) in [7, 11) is -0.824. The zero-order valence-electron chi connectivity index (χ0n) is 10.6. The Morgan fingerprint density at radius 3 is 2.62 bits per heavy atom. The second-order valence-corrected chi connectivity index (χ2v) is 7.10. The van der Waals surface area contributed by atoms with Crippen LogP contribution < -0.4 is 5.32 Å². The first-order chi connectivity index (χ1) is 7.48. The van der Waals surface area contributed by atoms with Crippen molar-refractivity contribution in [3.8, 4) is 0 Å². The van der Waals surface area contributed by atoms with Gasteiger partial charge in [0.15, 0.2) is 9.84 Å². The van der Waals surface area contributed by atoms with E-state index in [2.05, 4.69) is 17.1 Å². The van der Waals surface area contributed by atoms with Crippen LogP contribution in [-0.4, -0.2) is 57.0 Å². The highest BCUT2D eigenvalue weighted by Gasteiger charge is 2.24. The standard InChI is InChI=1S/C11H24N2O2S/c1-4-16(14,15)8-7-13-6-5-11(12-3)9-10(13)2/h10-12H,4-9H2,1-3H3. The second-order valence-electron chi connectivity index (χ2n) is 4.63. The van der Waals surface area contributed by atoms with Crippen molar-refractivity contribution in [2.45, 2.75) is 38.8 Å². The maximum Gasteiger partial charge on any atom is 0.151 e. The van der Waals surface area contributed by atoms with Crippen molar-refractivity contribution in [3.63, 3.8) is 0 Å². The summed E-state index contributed by atoms with van der Waals surface area (Å²) in [6.07, 6.45) is 2.23. The van der Waals surface area contributed by atoms with E-state index < -0.39 is 9.84 Å². The van der Waals surface area contributed by atoms with Gasteiger partial charge in [-0.05, 0) is 33.4 Å². The van der Waals surface area contributed by atoms with Gasteiger partial charge in [0.05, 0.1) is 5.75 Å². The Balaban J connectivity index is 2.39. The molecule has 1 N–H and O–H groups in total. The van der Waals surface area contributed by atoms with Gasteiger partial charge in [-0.25, -0.2) is 8.42 Å². The lowest BCUT2D eigenvalue weighted by Crippen LogP contribution is -2.47. The van der Waals surface area contributed by atoms with Crippen LogP contribution in [-0.2, 0) is 9.84 Å². The summed E-state index contributed by atoms with van der Waals surface area (Å²) in [4.78, 5) is 2.29. The van der Waals surface area contributed by atoms with Gasteiger partial charge >= 0.3 is 0 Å². The molecular weight excluding hydrogens is 224 g/mol. The van der Waals surface area contributed by atoms with Crippen LogP contribution in [0.25, 0.3) is 0 Å². The number of nitrogens with one attached hydrogen (secondary N) is 1. The number of nitrogens with zero attached hydrogens (tertiary/aromatic N) is 1. The SMILES string of the molecule is CCS(=O)(=O)CCN1CCC(NC)CC1C. The van der Waals surface area contributed by atoms with Gasteiger partial charge in [0.1, 0.15) is 0 Å². The molecule has 0 aliphatic carbocycles. The van der Waals surface area contributed by atoms with Gasteiger partial charge in [0, 0.05) is 24.4 Å². The van der Waals surface area contributed by atoms with Crippen LogP contribution in [0.5, 0.6) is 0 Å². The number of hydrogen-bond acceptors (Lipinski definition) is 4. The van der Waals surface area contributed by atoms with Gasteiger partial charge in [-0.2, -0.15) is 0 Å². The normalized spacial score (nSPS) is 28.2. The third-order valence-corrected chi connectivity index (χ3v) is 5.24. The van der Waals surface area contributed by atoms with Gasteiger partial charge in [0.2, 0.25) is 0 Å². The first-order valence-corrected chi connectivity index (χ1v) is 7.92. The molecule has 1 rings (SSSR count). The summed E-state index contributed by atoms with van der Waals surface area (Å²) >= 11 is 0. The minimum atomic E-state index is -2.82. The van der Waals surface area contributed by atoms with Crippen LogP contribution in [0.3, 0.4) is 0 Å². The summed E-state index contributed by atoms with van der Waals surface area (Å²) in [5, 5.41) is 3.29. The molecule has 96 valence electrons. The number of piperidine rings is 1. The zero-order chi connectivity index (χ0) is 12.2. The average Bonchev–Trinajstić information content (AvgIpc) is 2.27. The molecule has 16 heavy (non-hydrogen) atoms. The first kappa shape index (κ1) is 13.9. The maximum atomic E-state index is 11.4. The summed E-state index contributed by atoms with van der Waals surface area (Å²) in [6, 6.07) is 1.08. The Morgan fingerprint density at radius 1 is 1.44 bits per heavy atom. The van der Waals surface area contributed by atoms with E-state index >= 15 is 0 Å². The van der Waals surface area contributed by atoms with Gasteiger partial charge in [-0.3, -0.25) is 4.90 Å². The van der Waals surface area contributed by atoms with Crippen molar-refractivity contribution >= 4 is 9.84 Å². The van der Waals surface area contributed by atoms with E-state index in [0.717, 1.165) is 19.4 Å². The lowest BCUT2D eigenvalue weighted by molar-refractivity contribution is 0.147. The Morgan fingerprint density at radius 2 is 2.12 bits per heavy atom. The minimum Gasteiger partial charge on any atom is -0.317 e. The molecule has 2 atom stereocenters. The number of likely N-dealkylation sites (tertiary alicyclic amines) is 1. The Kier molecular flexibility index (Phi) is 5.21. The molecule has 0 aromatic carbocycles. The summed E-state index contributed by atoms with van der Waals surface area (Å²) in [5.74, 6) is 0.562. The predicted molar refractivity (Wildman–Crippen MR) is 67.4 cm³/mol. The molecule has 1 heterocycles. The highest BCUT2D eigenvalue weighted by molar-refractivity contribution is 7.91. The third kappa shape index (κ3) is 4.03. The molecule has 4 nitrogen and oxygen atoms in total. The minimum absolute atomic E-state index is 0.258. The summed E-state index contributed by atoms with van der Waals surface area (Å²) in [5.41, 5.74) is 0. The summed E-state index contributed by atoms with van der Waals surface area (Å²) < 4.78 is 22.9. The molecule has 1 aliphatic rings. The lowest BCUT2D eigenvalue weighted by Gasteiger charge is -2.37. The van der Waals surface area contributed by atoms with Crippen molar-refractivity contribution in [2.75, 3.05) is 31.6 Å². The zero-order valence-corrected chi connectivity index (χ0v) is 11.4. The molecule has 1 aliphatic heterocycles. The molecule has 2 unspecified atom stereocenters. The highest BCUT2D eigenvalue weighted by Crippen LogP contribution is 2.16.